The van der Waals surface area contributed by atoms with Gasteiger partial charge in [-0.1, -0.05) is 6.92 Å². The highest BCUT2D eigenvalue weighted by Crippen LogP contribution is 2.30. The Kier molecular flexibility index (Phi) is 3.69. The maximum atomic E-state index is 5.94. The van der Waals surface area contributed by atoms with E-state index < -0.39 is 0 Å². The molecule has 1 heterocycles. The summed E-state index contributed by atoms with van der Waals surface area (Å²) in [6.07, 6.45) is 4.73. The monoisotopic (exact) mass is 185 g/mol. The van der Waals surface area contributed by atoms with Gasteiger partial charge in [-0.25, -0.2) is 0 Å². The van der Waals surface area contributed by atoms with Crippen molar-refractivity contribution in [2.45, 2.75) is 24.6 Å². The predicted molar refractivity (Wildman–Crippen MR) is 53.2 cm³/mol. The lowest BCUT2D eigenvalue weighted by atomic mass is 10.1. The summed E-state index contributed by atoms with van der Waals surface area (Å²) in [5, 5.41) is 0.296. The second-order valence-electron chi connectivity index (χ2n) is 2.74. The van der Waals surface area contributed by atoms with Crippen LogP contribution in [0.4, 0.5) is 0 Å². The number of hydrogen-bond donors (Lipinski definition) is 1. The zero-order valence-corrected chi connectivity index (χ0v) is 8.30. The predicted octanol–water partition coefficient (Wildman–Crippen LogP) is 2.42. The van der Waals surface area contributed by atoms with Crippen LogP contribution < -0.4 is 5.73 Å². The van der Waals surface area contributed by atoms with Crippen molar-refractivity contribution >= 4 is 11.8 Å². The summed E-state index contributed by atoms with van der Waals surface area (Å²) < 4.78 is 5.31. The van der Waals surface area contributed by atoms with Crippen LogP contribution in [-0.4, -0.2) is 12.3 Å². The van der Waals surface area contributed by atoms with Crippen LogP contribution >= 0.6 is 11.8 Å². The van der Waals surface area contributed by atoms with Gasteiger partial charge in [-0.3, -0.25) is 0 Å². The van der Waals surface area contributed by atoms with Gasteiger partial charge in [0.25, 0.3) is 0 Å². The van der Waals surface area contributed by atoms with E-state index in [0.717, 1.165) is 12.2 Å². The van der Waals surface area contributed by atoms with Crippen molar-refractivity contribution in [2.75, 3.05) is 6.26 Å². The van der Waals surface area contributed by atoms with Crippen molar-refractivity contribution in [2.24, 2.45) is 5.73 Å². The fraction of sp³-hybridized carbons (Fsp3) is 0.556. The molecule has 1 aromatic heterocycles. The van der Waals surface area contributed by atoms with Crippen LogP contribution in [0.5, 0.6) is 0 Å². The zero-order chi connectivity index (χ0) is 8.97. The summed E-state index contributed by atoms with van der Waals surface area (Å²) in [6, 6.07) is 4.07. The van der Waals surface area contributed by atoms with Crippen molar-refractivity contribution in [1.29, 1.82) is 0 Å². The van der Waals surface area contributed by atoms with Gasteiger partial charge in [-0.05, 0) is 24.8 Å². The molecule has 2 nitrogen and oxygen atoms in total. The SMILES string of the molecule is CCC(N)C(SC)c1ccco1. The van der Waals surface area contributed by atoms with Crippen LogP contribution in [0.25, 0.3) is 0 Å². The zero-order valence-electron chi connectivity index (χ0n) is 7.49. The Hall–Kier alpha value is -0.410. The number of rotatable bonds is 4. The topological polar surface area (TPSA) is 39.2 Å². The van der Waals surface area contributed by atoms with Crippen LogP contribution in [0, 0.1) is 0 Å². The second kappa shape index (κ2) is 4.58. The van der Waals surface area contributed by atoms with Crippen molar-refractivity contribution in [1.82, 2.24) is 0 Å². The molecule has 0 saturated heterocycles. The Morgan fingerprint density at radius 1 is 1.67 bits per heavy atom. The molecule has 68 valence electrons. The van der Waals surface area contributed by atoms with E-state index in [0.29, 0.717) is 5.25 Å². The molecule has 0 fully saturated rings. The van der Waals surface area contributed by atoms with Gasteiger partial charge in [0.1, 0.15) is 5.76 Å². The molecule has 0 saturated carbocycles. The number of nitrogens with two attached hydrogens (primary N) is 1. The molecule has 0 aliphatic heterocycles. The first-order chi connectivity index (χ1) is 5.79. The summed E-state index contributed by atoms with van der Waals surface area (Å²) in [4.78, 5) is 0. The van der Waals surface area contributed by atoms with Crippen LogP contribution in [0.2, 0.25) is 0 Å². The van der Waals surface area contributed by atoms with Crippen molar-refractivity contribution in [3.8, 4) is 0 Å². The summed E-state index contributed by atoms with van der Waals surface area (Å²) in [6.45, 7) is 2.09. The fourth-order valence-electron chi connectivity index (χ4n) is 1.17. The lowest BCUT2D eigenvalue weighted by molar-refractivity contribution is 0.474. The van der Waals surface area contributed by atoms with Gasteiger partial charge in [-0.15, -0.1) is 0 Å². The van der Waals surface area contributed by atoms with Crippen LogP contribution in [-0.2, 0) is 0 Å². The van der Waals surface area contributed by atoms with Gasteiger partial charge in [0.05, 0.1) is 11.5 Å². The molecule has 0 spiro atoms. The molecule has 2 atom stereocenters. The molecule has 0 bridgehead atoms. The fourth-order valence-corrected chi connectivity index (χ4v) is 2.08. The van der Waals surface area contributed by atoms with E-state index in [2.05, 4.69) is 13.2 Å². The minimum absolute atomic E-state index is 0.186. The van der Waals surface area contributed by atoms with E-state index in [1.807, 2.05) is 12.1 Å². The molecular weight excluding hydrogens is 170 g/mol. The Labute approximate surface area is 77.5 Å². The minimum atomic E-state index is 0.186. The summed E-state index contributed by atoms with van der Waals surface area (Å²) >= 11 is 1.74. The molecule has 2 unspecified atom stereocenters. The molecule has 0 aliphatic carbocycles. The Morgan fingerprint density at radius 3 is 2.83 bits per heavy atom. The van der Waals surface area contributed by atoms with Gasteiger partial charge in [-0.2, -0.15) is 11.8 Å². The largest absolute Gasteiger partial charge is 0.468 e. The molecule has 0 aliphatic rings. The van der Waals surface area contributed by atoms with Crippen LogP contribution in [0.15, 0.2) is 22.8 Å². The average Bonchev–Trinajstić information content (AvgIpc) is 2.58. The maximum Gasteiger partial charge on any atom is 0.118 e. The molecular formula is C9H15NOS. The molecule has 12 heavy (non-hydrogen) atoms. The normalized spacial score (nSPS) is 15.9. The molecule has 3 heteroatoms. The van der Waals surface area contributed by atoms with Crippen LogP contribution in [0.1, 0.15) is 24.4 Å². The lowest BCUT2D eigenvalue weighted by Gasteiger charge is -2.17. The summed E-state index contributed by atoms with van der Waals surface area (Å²) in [5.41, 5.74) is 5.94. The first-order valence-corrected chi connectivity index (χ1v) is 5.40. The second-order valence-corrected chi connectivity index (χ2v) is 3.72. The average molecular weight is 185 g/mol. The highest BCUT2D eigenvalue weighted by atomic mass is 32.2. The van der Waals surface area contributed by atoms with Gasteiger partial charge in [0, 0.05) is 6.04 Å². The quantitative estimate of drug-likeness (QED) is 0.783. The Morgan fingerprint density at radius 2 is 2.42 bits per heavy atom. The van der Waals surface area contributed by atoms with Crippen molar-refractivity contribution in [3.05, 3.63) is 24.2 Å². The highest BCUT2D eigenvalue weighted by molar-refractivity contribution is 7.98. The van der Waals surface area contributed by atoms with E-state index in [1.165, 1.54) is 0 Å². The first kappa shape index (κ1) is 9.68. The van der Waals surface area contributed by atoms with E-state index in [1.54, 1.807) is 18.0 Å². The number of furan rings is 1. The molecule has 0 aromatic carbocycles. The Balaban J connectivity index is 2.69. The lowest BCUT2D eigenvalue weighted by Crippen LogP contribution is -2.25. The van der Waals surface area contributed by atoms with E-state index in [9.17, 15) is 0 Å². The van der Waals surface area contributed by atoms with Gasteiger partial charge in [0.2, 0.25) is 0 Å². The summed E-state index contributed by atoms with van der Waals surface area (Å²) in [7, 11) is 0. The third kappa shape index (κ3) is 2.05. The standard InChI is InChI=1S/C9H15NOS/c1-3-7(10)9(12-2)8-5-4-6-11-8/h4-7,9H,3,10H2,1-2H3. The van der Waals surface area contributed by atoms with Crippen LogP contribution in [0.3, 0.4) is 0 Å². The molecule has 1 aromatic rings. The van der Waals surface area contributed by atoms with E-state index >= 15 is 0 Å². The molecule has 1 rings (SSSR count). The smallest absolute Gasteiger partial charge is 0.118 e. The van der Waals surface area contributed by atoms with Crippen molar-refractivity contribution in [3.63, 3.8) is 0 Å². The van der Waals surface area contributed by atoms with Crippen molar-refractivity contribution < 1.29 is 4.42 Å². The summed E-state index contributed by atoms with van der Waals surface area (Å²) in [5.74, 6) is 0.983. The number of thioether (sulfide) groups is 1. The molecule has 0 amide bonds. The third-order valence-corrected chi connectivity index (χ3v) is 3.03. The Bertz CT molecular complexity index is 210. The number of hydrogen-bond acceptors (Lipinski definition) is 3. The van der Waals surface area contributed by atoms with E-state index in [-0.39, 0.29) is 6.04 Å². The molecule has 0 radical (unpaired) electrons. The third-order valence-electron chi connectivity index (χ3n) is 1.94. The first-order valence-electron chi connectivity index (χ1n) is 4.11. The maximum absolute atomic E-state index is 5.94. The van der Waals surface area contributed by atoms with Gasteiger partial charge >= 0.3 is 0 Å². The van der Waals surface area contributed by atoms with E-state index in [4.69, 9.17) is 10.2 Å². The van der Waals surface area contributed by atoms with Gasteiger partial charge in [0.15, 0.2) is 0 Å². The highest BCUT2D eigenvalue weighted by Gasteiger charge is 2.19. The minimum Gasteiger partial charge on any atom is -0.468 e. The van der Waals surface area contributed by atoms with Gasteiger partial charge < -0.3 is 10.2 Å². The molecule has 2 N–H and O–H groups in total.